The van der Waals surface area contributed by atoms with E-state index in [9.17, 15) is 9.59 Å². The van der Waals surface area contributed by atoms with Crippen molar-refractivity contribution in [3.05, 3.63) is 30.4 Å². The number of nitrogens with one attached hydrogen (secondary N) is 1. The Morgan fingerprint density at radius 1 is 1.08 bits per heavy atom. The van der Waals surface area contributed by atoms with Crippen LogP contribution in [0.4, 0.5) is 27.8 Å². The number of amides is 2. The summed E-state index contributed by atoms with van der Waals surface area (Å²) in [4.78, 5) is 44.7. The number of hydrogen-bond acceptors (Lipinski definition) is 10. The average Bonchev–Trinajstić information content (AvgIpc) is 2.87. The zero-order valence-corrected chi connectivity index (χ0v) is 22.3. The minimum atomic E-state index is -0.498. The molecular formula is C26H36N8O4. The molecule has 204 valence electrons. The van der Waals surface area contributed by atoms with E-state index in [0.29, 0.717) is 37.8 Å². The van der Waals surface area contributed by atoms with Gasteiger partial charge in [-0.15, -0.1) is 0 Å². The van der Waals surface area contributed by atoms with Gasteiger partial charge in [-0.1, -0.05) is 0 Å². The molecule has 12 heteroatoms. The van der Waals surface area contributed by atoms with Crippen LogP contribution in [-0.2, 0) is 9.47 Å². The van der Waals surface area contributed by atoms with E-state index in [4.69, 9.17) is 15.2 Å². The molecular weight excluding hydrogens is 488 g/mol. The van der Waals surface area contributed by atoms with Crippen molar-refractivity contribution in [3.8, 4) is 0 Å². The third-order valence-corrected chi connectivity index (χ3v) is 7.25. The van der Waals surface area contributed by atoms with Crippen LogP contribution in [0.1, 0.15) is 44.1 Å². The summed E-state index contributed by atoms with van der Waals surface area (Å²) in [5, 5.41) is 2.92. The first kappa shape index (κ1) is 26.0. The number of rotatable bonds is 4. The van der Waals surface area contributed by atoms with Gasteiger partial charge in [0, 0.05) is 50.9 Å². The molecule has 3 saturated heterocycles. The molecule has 0 radical (unpaired) electrons. The second-order valence-electron chi connectivity index (χ2n) is 11.2. The number of nitrogens with zero attached hydrogens (tertiary/aromatic N) is 6. The van der Waals surface area contributed by atoms with Crippen molar-refractivity contribution < 1.29 is 19.1 Å². The van der Waals surface area contributed by atoms with Crippen LogP contribution in [-0.4, -0.2) is 89.9 Å². The summed E-state index contributed by atoms with van der Waals surface area (Å²) in [6.07, 6.45) is 6.51. The van der Waals surface area contributed by atoms with Crippen molar-refractivity contribution >= 4 is 35.0 Å². The van der Waals surface area contributed by atoms with Gasteiger partial charge in [0.2, 0.25) is 0 Å². The van der Waals surface area contributed by atoms with Crippen LogP contribution in [0.3, 0.4) is 0 Å². The number of aromatic nitrogens is 3. The molecule has 5 heterocycles. The number of carbonyl (C=O) groups excluding carboxylic acids is 2. The molecule has 0 unspecified atom stereocenters. The van der Waals surface area contributed by atoms with Crippen LogP contribution in [0.15, 0.2) is 24.7 Å². The molecule has 3 aliphatic rings. The summed E-state index contributed by atoms with van der Waals surface area (Å²) >= 11 is 0. The molecule has 2 aromatic heterocycles. The van der Waals surface area contributed by atoms with E-state index in [2.05, 4.69) is 30.1 Å². The van der Waals surface area contributed by atoms with Gasteiger partial charge < -0.3 is 35.2 Å². The van der Waals surface area contributed by atoms with Crippen molar-refractivity contribution in [2.24, 2.45) is 5.41 Å². The van der Waals surface area contributed by atoms with Crippen LogP contribution >= 0.6 is 0 Å². The zero-order chi connectivity index (χ0) is 26.9. The number of anilines is 4. The van der Waals surface area contributed by atoms with Crippen LogP contribution in [0.25, 0.3) is 0 Å². The lowest BCUT2D eigenvalue weighted by Crippen LogP contribution is -2.62. The number of pyridine rings is 1. The number of carbonyl (C=O) groups is 2. The van der Waals surface area contributed by atoms with Crippen molar-refractivity contribution in [1.29, 1.82) is 0 Å². The fraction of sp³-hybridized carbons (Fsp3) is 0.577. The molecule has 0 aromatic carbocycles. The molecule has 3 fully saturated rings. The van der Waals surface area contributed by atoms with Gasteiger partial charge in [0.15, 0.2) is 11.5 Å². The number of morpholine rings is 1. The predicted octanol–water partition coefficient (Wildman–Crippen LogP) is 2.38. The first-order valence-electron chi connectivity index (χ1n) is 13.1. The number of ether oxygens (including phenoxy) is 2. The molecule has 3 aliphatic heterocycles. The molecule has 0 aliphatic carbocycles. The maximum absolute atomic E-state index is 13.2. The van der Waals surface area contributed by atoms with Gasteiger partial charge in [-0.05, 0) is 39.7 Å². The number of hydrogen-bond donors (Lipinski definition) is 2. The van der Waals surface area contributed by atoms with E-state index in [0.717, 1.165) is 44.7 Å². The SMILES string of the molecule is CC(C)(C)OC(=O)N1CC2(CCN(c3cnc(N)c(C(=O)Nc4cnccc4N4CCOCC4)n3)CC2)C1. The molecule has 1 spiro atoms. The van der Waals surface area contributed by atoms with Gasteiger partial charge in [-0.25, -0.2) is 14.8 Å². The Morgan fingerprint density at radius 3 is 2.47 bits per heavy atom. The number of piperidine rings is 1. The van der Waals surface area contributed by atoms with E-state index >= 15 is 0 Å². The molecule has 38 heavy (non-hydrogen) atoms. The maximum Gasteiger partial charge on any atom is 0.410 e. The third-order valence-electron chi connectivity index (χ3n) is 7.25. The van der Waals surface area contributed by atoms with Crippen molar-refractivity contribution in [2.45, 2.75) is 39.2 Å². The second kappa shape index (κ2) is 10.2. The fourth-order valence-corrected chi connectivity index (χ4v) is 5.20. The van der Waals surface area contributed by atoms with E-state index in [1.807, 2.05) is 26.8 Å². The molecule has 2 amide bonds. The standard InChI is InChI=1S/C26H36N8O4/c1-25(2,3)38-24(36)34-16-26(17-34)5-8-33(9-6-26)20-15-29-22(27)21(31-20)23(35)30-18-14-28-7-4-19(18)32-10-12-37-13-11-32/h4,7,14-15H,5-6,8-13,16-17H2,1-3H3,(H2,27,29)(H,30,35). The van der Waals surface area contributed by atoms with E-state index in [1.165, 1.54) is 0 Å². The predicted molar refractivity (Wildman–Crippen MR) is 143 cm³/mol. The second-order valence-corrected chi connectivity index (χ2v) is 11.2. The lowest BCUT2D eigenvalue weighted by atomic mass is 9.72. The summed E-state index contributed by atoms with van der Waals surface area (Å²) < 4.78 is 10.9. The highest BCUT2D eigenvalue weighted by Gasteiger charge is 2.48. The van der Waals surface area contributed by atoms with Crippen molar-refractivity contribution in [3.63, 3.8) is 0 Å². The van der Waals surface area contributed by atoms with Crippen LogP contribution in [0.2, 0.25) is 0 Å². The summed E-state index contributed by atoms with van der Waals surface area (Å²) in [5.74, 6) is 0.255. The molecule has 0 saturated carbocycles. The smallest absolute Gasteiger partial charge is 0.410 e. The van der Waals surface area contributed by atoms with Crippen molar-refractivity contribution in [1.82, 2.24) is 19.9 Å². The lowest BCUT2D eigenvalue weighted by molar-refractivity contribution is -0.0434. The van der Waals surface area contributed by atoms with Gasteiger partial charge in [0.05, 0.1) is 37.0 Å². The maximum atomic E-state index is 13.2. The summed E-state index contributed by atoms with van der Waals surface area (Å²) in [7, 11) is 0. The van der Waals surface area contributed by atoms with Crippen LogP contribution in [0.5, 0.6) is 0 Å². The quantitative estimate of drug-likeness (QED) is 0.613. The minimum Gasteiger partial charge on any atom is -0.444 e. The molecule has 0 atom stereocenters. The molecule has 0 bridgehead atoms. The molecule has 12 nitrogen and oxygen atoms in total. The lowest BCUT2D eigenvalue weighted by Gasteiger charge is -2.53. The Bertz CT molecular complexity index is 1180. The largest absolute Gasteiger partial charge is 0.444 e. The van der Waals surface area contributed by atoms with Crippen molar-refractivity contribution in [2.75, 3.05) is 73.3 Å². The number of nitrogen functional groups attached to an aromatic ring is 1. The zero-order valence-electron chi connectivity index (χ0n) is 22.3. The Hall–Kier alpha value is -3.67. The Kier molecular flexibility index (Phi) is 6.99. The van der Waals surface area contributed by atoms with Crippen LogP contribution < -0.4 is 20.9 Å². The van der Waals surface area contributed by atoms with E-state index in [1.54, 1.807) is 23.5 Å². The third kappa shape index (κ3) is 5.59. The van der Waals surface area contributed by atoms with E-state index in [-0.39, 0.29) is 23.0 Å². The fourth-order valence-electron chi connectivity index (χ4n) is 5.20. The van der Waals surface area contributed by atoms with Gasteiger partial charge in [0.1, 0.15) is 11.4 Å². The van der Waals surface area contributed by atoms with E-state index < -0.39 is 11.5 Å². The highest BCUT2D eigenvalue weighted by molar-refractivity contribution is 6.07. The monoisotopic (exact) mass is 524 g/mol. The topological polar surface area (TPSA) is 139 Å². The van der Waals surface area contributed by atoms with Gasteiger partial charge in [-0.2, -0.15) is 0 Å². The van der Waals surface area contributed by atoms with Gasteiger partial charge >= 0.3 is 6.09 Å². The highest BCUT2D eigenvalue weighted by Crippen LogP contribution is 2.41. The van der Waals surface area contributed by atoms with Crippen LogP contribution in [0, 0.1) is 5.41 Å². The number of nitrogens with two attached hydrogens (primary N) is 1. The Morgan fingerprint density at radius 2 is 1.79 bits per heavy atom. The average molecular weight is 525 g/mol. The number of likely N-dealkylation sites (tertiary alicyclic amines) is 1. The van der Waals surface area contributed by atoms with Gasteiger partial charge in [0.25, 0.3) is 5.91 Å². The molecule has 3 N–H and O–H groups in total. The molecule has 2 aromatic rings. The summed E-state index contributed by atoms with van der Waals surface area (Å²) in [5.41, 5.74) is 7.22. The molecule has 5 rings (SSSR count). The highest BCUT2D eigenvalue weighted by atomic mass is 16.6. The normalized spacial score (nSPS) is 19.2. The first-order valence-corrected chi connectivity index (χ1v) is 13.1. The summed E-state index contributed by atoms with van der Waals surface area (Å²) in [6.45, 7) is 11.3. The Labute approximate surface area is 222 Å². The Balaban J connectivity index is 1.22. The van der Waals surface area contributed by atoms with Gasteiger partial charge in [-0.3, -0.25) is 9.78 Å². The summed E-state index contributed by atoms with van der Waals surface area (Å²) in [6, 6.07) is 1.88. The minimum absolute atomic E-state index is 0.0727. The first-order chi connectivity index (χ1) is 18.1.